The molecule has 2 aromatic rings. The van der Waals surface area contributed by atoms with E-state index in [9.17, 15) is 4.79 Å². The molecule has 0 aliphatic carbocycles. The van der Waals surface area contributed by atoms with Crippen LogP contribution in [-0.2, 0) is 4.79 Å². The minimum absolute atomic E-state index is 0.168. The number of hydrogen-bond acceptors (Lipinski definition) is 2. The minimum Gasteiger partial charge on any atom is -0.481 e. The molecule has 0 aliphatic heterocycles. The van der Waals surface area contributed by atoms with Crippen LogP contribution in [0.25, 0.3) is 0 Å². The average Bonchev–Trinajstić information content (AvgIpc) is 2.47. The van der Waals surface area contributed by atoms with Crippen LogP contribution >= 0.6 is 34.2 Å². The lowest BCUT2D eigenvalue weighted by Gasteiger charge is -2.17. The predicted octanol–water partition coefficient (Wildman–Crippen LogP) is 4.74. The molecule has 0 radical (unpaired) electrons. The number of halogens is 2. The van der Waals surface area contributed by atoms with E-state index in [4.69, 9.17) is 16.3 Å². The number of ether oxygens (including phenoxy) is 1. The smallest absolute Gasteiger partial charge is 0.265 e. The van der Waals surface area contributed by atoms with Gasteiger partial charge in [0.15, 0.2) is 6.10 Å². The van der Waals surface area contributed by atoms with Crippen molar-refractivity contribution in [3.05, 3.63) is 57.1 Å². The van der Waals surface area contributed by atoms with Crippen LogP contribution < -0.4 is 10.1 Å². The van der Waals surface area contributed by atoms with Gasteiger partial charge in [0.1, 0.15) is 5.75 Å². The number of hydrogen-bond donors (Lipinski definition) is 1. The molecule has 0 heterocycles. The van der Waals surface area contributed by atoms with Gasteiger partial charge < -0.3 is 10.1 Å². The fourth-order valence-electron chi connectivity index (χ4n) is 1.78. The highest BCUT2D eigenvalue weighted by Gasteiger charge is 2.18. The summed E-state index contributed by atoms with van der Waals surface area (Å²) in [7, 11) is 0. The van der Waals surface area contributed by atoms with Crippen LogP contribution in [0.2, 0.25) is 5.02 Å². The molecule has 0 saturated carbocycles. The molecule has 0 fully saturated rings. The van der Waals surface area contributed by atoms with E-state index in [1.165, 1.54) is 0 Å². The maximum absolute atomic E-state index is 12.2. The molecule has 1 atom stereocenters. The largest absolute Gasteiger partial charge is 0.481 e. The summed E-state index contributed by atoms with van der Waals surface area (Å²) >= 11 is 8.13. The van der Waals surface area contributed by atoms with E-state index < -0.39 is 6.10 Å². The summed E-state index contributed by atoms with van der Waals surface area (Å²) in [5.74, 6) is 0.422. The zero-order chi connectivity index (χ0) is 15.2. The molecule has 21 heavy (non-hydrogen) atoms. The van der Waals surface area contributed by atoms with Gasteiger partial charge in [-0.05, 0) is 71.5 Å². The van der Waals surface area contributed by atoms with Crippen LogP contribution in [0.3, 0.4) is 0 Å². The highest BCUT2D eigenvalue weighted by atomic mass is 127. The van der Waals surface area contributed by atoms with Crippen molar-refractivity contribution in [1.82, 2.24) is 0 Å². The van der Waals surface area contributed by atoms with E-state index in [0.717, 1.165) is 9.26 Å². The van der Waals surface area contributed by atoms with E-state index in [2.05, 4.69) is 27.9 Å². The van der Waals surface area contributed by atoms with Crippen molar-refractivity contribution in [3.63, 3.8) is 0 Å². The highest BCUT2D eigenvalue weighted by molar-refractivity contribution is 14.1. The monoisotopic (exact) mass is 415 g/mol. The number of anilines is 1. The second-order valence-electron chi connectivity index (χ2n) is 4.47. The molecule has 0 bridgehead atoms. The molecule has 3 nitrogen and oxygen atoms in total. The normalized spacial score (nSPS) is 11.8. The topological polar surface area (TPSA) is 38.3 Å². The number of benzene rings is 2. The van der Waals surface area contributed by atoms with E-state index in [1.54, 1.807) is 24.3 Å². The third-order valence-electron chi connectivity index (χ3n) is 2.85. The predicted molar refractivity (Wildman–Crippen MR) is 93.9 cm³/mol. The Morgan fingerprint density at radius 2 is 2.00 bits per heavy atom. The van der Waals surface area contributed by atoms with Gasteiger partial charge in [-0.2, -0.15) is 0 Å². The molecular formula is C16H15ClINO2. The van der Waals surface area contributed by atoms with Gasteiger partial charge in [0, 0.05) is 14.3 Å². The third kappa shape index (κ3) is 4.89. The Morgan fingerprint density at radius 3 is 2.62 bits per heavy atom. The van der Waals surface area contributed by atoms with Crippen molar-refractivity contribution in [2.45, 2.75) is 19.4 Å². The Labute approximate surface area is 142 Å². The molecule has 5 heteroatoms. The standard InChI is InChI=1S/C16H15ClINO2/c1-2-15(21-14-5-3-4-11(17)10-14)16(20)19-13-8-6-12(18)7-9-13/h3-10,15H,2H2,1H3,(H,19,20)/t15-/m1/s1. The number of carbonyl (C=O) groups excluding carboxylic acids is 1. The van der Waals surface area contributed by atoms with Crippen LogP contribution in [0.1, 0.15) is 13.3 Å². The first-order valence-corrected chi connectivity index (χ1v) is 8.03. The van der Waals surface area contributed by atoms with E-state index in [-0.39, 0.29) is 5.91 Å². The van der Waals surface area contributed by atoms with Gasteiger partial charge in [0.05, 0.1) is 0 Å². The molecule has 110 valence electrons. The number of carbonyl (C=O) groups is 1. The van der Waals surface area contributed by atoms with Crippen LogP contribution in [0.5, 0.6) is 5.75 Å². The minimum atomic E-state index is -0.553. The van der Waals surface area contributed by atoms with E-state index in [0.29, 0.717) is 17.2 Å². The van der Waals surface area contributed by atoms with Crippen LogP contribution in [0.4, 0.5) is 5.69 Å². The van der Waals surface area contributed by atoms with Gasteiger partial charge in [-0.25, -0.2) is 0 Å². The average molecular weight is 416 g/mol. The van der Waals surface area contributed by atoms with Crippen molar-refractivity contribution < 1.29 is 9.53 Å². The molecule has 2 rings (SSSR count). The van der Waals surface area contributed by atoms with Crippen molar-refractivity contribution in [1.29, 1.82) is 0 Å². The van der Waals surface area contributed by atoms with E-state index >= 15 is 0 Å². The molecule has 0 unspecified atom stereocenters. The highest BCUT2D eigenvalue weighted by Crippen LogP contribution is 2.20. The van der Waals surface area contributed by atoms with Gasteiger partial charge in [-0.1, -0.05) is 24.6 Å². The molecule has 1 amide bonds. The Bertz CT molecular complexity index is 616. The first-order chi connectivity index (χ1) is 10.1. The second kappa shape index (κ2) is 7.66. The lowest BCUT2D eigenvalue weighted by molar-refractivity contribution is -0.122. The Balaban J connectivity index is 2.03. The lowest BCUT2D eigenvalue weighted by atomic mass is 10.2. The van der Waals surface area contributed by atoms with Crippen molar-refractivity contribution in [2.24, 2.45) is 0 Å². The zero-order valence-corrected chi connectivity index (χ0v) is 14.4. The summed E-state index contributed by atoms with van der Waals surface area (Å²) in [6.45, 7) is 1.91. The molecule has 0 saturated heterocycles. The lowest BCUT2D eigenvalue weighted by Crippen LogP contribution is -2.32. The van der Waals surface area contributed by atoms with Crippen LogP contribution in [-0.4, -0.2) is 12.0 Å². The Kier molecular flexibility index (Phi) is 5.87. The molecule has 1 N–H and O–H groups in total. The Morgan fingerprint density at radius 1 is 1.29 bits per heavy atom. The summed E-state index contributed by atoms with van der Waals surface area (Å²) < 4.78 is 6.82. The second-order valence-corrected chi connectivity index (χ2v) is 6.15. The summed E-state index contributed by atoms with van der Waals surface area (Å²) in [6.07, 6.45) is 0.0191. The molecule has 0 aromatic heterocycles. The van der Waals surface area contributed by atoms with Crippen molar-refractivity contribution in [3.8, 4) is 5.75 Å². The van der Waals surface area contributed by atoms with Gasteiger partial charge in [-0.3, -0.25) is 4.79 Å². The quantitative estimate of drug-likeness (QED) is 0.716. The molecule has 0 aliphatic rings. The van der Waals surface area contributed by atoms with Crippen molar-refractivity contribution >= 4 is 45.8 Å². The first kappa shape index (κ1) is 16.1. The summed E-state index contributed by atoms with van der Waals surface area (Å²) in [6, 6.07) is 14.7. The SMILES string of the molecule is CC[C@@H](Oc1cccc(Cl)c1)C(=O)Nc1ccc(I)cc1. The van der Waals surface area contributed by atoms with Gasteiger partial charge >= 0.3 is 0 Å². The van der Waals surface area contributed by atoms with Gasteiger partial charge in [0.2, 0.25) is 0 Å². The fourth-order valence-corrected chi connectivity index (χ4v) is 2.32. The maximum Gasteiger partial charge on any atom is 0.265 e. The summed E-state index contributed by atoms with van der Waals surface area (Å²) in [4.78, 5) is 12.2. The van der Waals surface area contributed by atoms with Gasteiger partial charge in [0.25, 0.3) is 5.91 Å². The number of rotatable bonds is 5. The van der Waals surface area contributed by atoms with Crippen molar-refractivity contribution in [2.75, 3.05) is 5.32 Å². The Hall–Kier alpha value is -1.27. The van der Waals surface area contributed by atoms with Gasteiger partial charge in [-0.15, -0.1) is 0 Å². The number of nitrogens with one attached hydrogen (secondary N) is 1. The van der Waals surface area contributed by atoms with E-state index in [1.807, 2.05) is 31.2 Å². The molecule has 0 spiro atoms. The molecule has 2 aromatic carbocycles. The fraction of sp³-hybridized carbons (Fsp3) is 0.188. The van der Waals surface area contributed by atoms with Crippen LogP contribution in [0.15, 0.2) is 48.5 Å². The van der Waals surface area contributed by atoms with Crippen LogP contribution in [0, 0.1) is 3.57 Å². The third-order valence-corrected chi connectivity index (χ3v) is 3.80. The summed E-state index contributed by atoms with van der Waals surface area (Å²) in [5.41, 5.74) is 0.758. The first-order valence-electron chi connectivity index (χ1n) is 6.57. The number of amides is 1. The maximum atomic E-state index is 12.2. The molecular weight excluding hydrogens is 401 g/mol. The zero-order valence-electron chi connectivity index (χ0n) is 11.5. The summed E-state index contributed by atoms with van der Waals surface area (Å²) in [5, 5.41) is 3.44.